The normalized spacial score (nSPS) is 10.5. The number of H-pyrrole nitrogens is 1. The molecule has 0 saturated carbocycles. The van der Waals surface area contributed by atoms with Crippen molar-refractivity contribution in [1.82, 2.24) is 4.98 Å². The fourth-order valence-corrected chi connectivity index (χ4v) is 2.56. The van der Waals surface area contributed by atoms with Gasteiger partial charge in [-0.1, -0.05) is 12.1 Å². The summed E-state index contributed by atoms with van der Waals surface area (Å²) >= 11 is 0. The molecule has 0 unspecified atom stereocenters. The van der Waals surface area contributed by atoms with Crippen LogP contribution < -0.4 is 21.1 Å². The van der Waals surface area contributed by atoms with Crippen molar-refractivity contribution in [3.63, 3.8) is 0 Å². The van der Waals surface area contributed by atoms with Crippen LogP contribution in [0.2, 0.25) is 0 Å². The summed E-state index contributed by atoms with van der Waals surface area (Å²) in [6, 6.07) is 13.6. The number of aromatic nitrogens is 1. The van der Waals surface area contributed by atoms with E-state index in [0.717, 1.165) is 5.56 Å². The summed E-state index contributed by atoms with van der Waals surface area (Å²) in [5.41, 5.74) is 7.98. The van der Waals surface area contributed by atoms with Gasteiger partial charge in [-0.15, -0.1) is 0 Å². The van der Waals surface area contributed by atoms with Gasteiger partial charge in [0.1, 0.15) is 11.4 Å². The highest BCUT2D eigenvalue weighted by atomic mass is 19.3. The molecule has 28 heavy (non-hydrogen) atoms. The molecule has 144 valence electrons. The smallest absolute Gasteiger partial charge is 0.387 e. The van der Waals surface area contributed by atoms with Crippen molar-refractivity contribution in [3.8, 4) is 16.9 Å². The molecule has 0 aliphatic carbocycles. The Hall–Kier alpha value is -3.88. The number of nitrogens with one attached hydrogen (secondary N) is 3. The van der Waals surface area contributed by atoms with Crippen LogP contribution in [0.4, 0.5) is 25.0 Å². The number of carbonyl (C=O) groups excluding carboxylic acids is 2. The van der Waals surface area contributed by atoms with Crippen molar-refractivity contribution < 1.29 is 23.1 Å². The van der Waals surface area contributed by atoms with Crippen molar-refractivity contribution in [2.24, 2.45) is 5.73 Å². The van der Waals surface area contributed by atoms with E-state index >= 15 is 0 Å². The quantitative estimate of drug-likeness (QED) is 0.513. The predicted octanol–water partition coefficient (Wildman–Crippen LogP) is 4.03. The topological polar surface area (TPSA) is 109 Å². The first-order chi connectivity index (χ1) is 13.4. The van der Waals surface area contributed by atoms with E-state index in [9.17, 15) is 18.4 Å². The van der Waals surface area contributed by atoms with E-state index in [-0.39, 0.29) is 5.75 Å². The lowest BCUT2D eigenvalue weighted by molar-refractivity contribution is -0.0498. The third-order valence-corrected chi connectivity index (χ3v) is 3.78. The van der Waals surface area contributed by atoms with E-state index in [2.05, 4.69) is 20.4 Å². The zero-order valence-corrected chi connectivity index (χ0v) is 14.4. The summed E-state index contributed by atoms with van der Waals surface area (Å²) < 4.78 is 28.5. The first-order valence-electron chi connectivity index (χ1n) is 8.13. The molecule has 0 aliphatic heterocycles. The largest absolute Gasteiger partial charge is 0.435 e. The van der Waals surface area contributed by atoms with Gasteiger partial charge in [0.05, 0.1) is 0 Å². The molecule has 0 bridgehead atoms. The lowest BCUT2D eigenvalue weighted by Gasteiger charge is -2.09. The van der Waals surface area contributed by atoms with Crippen molar-refractivity contribution in [2.45, 2.75) is 6.61 Å². The van der Waals surface area contributed by atoms with Gasteiger partial charge in [-0.05, 0) is 48.0 Å². The van der Waals surface area contributed by atoms with Gasteiger partial charge in [-0.2, -0.15) is 8.78 Å². The average molecular weight is 386 g/mol. The molecule has 0 spiro atoms. The number of carbonyl (C=O) groups is 2. The van der Waals surface area contributed by atoms with Crippen LogP contribution >= 0.6 is 0 Å². The third-order valence-electron chi connectivity index (χ3n) is 3.78. The van der Waals surface area contributed by atoms with Crippen LogP contribution in [-0.2, 0) is 0 Å². The summed E-state index contributed by atoms with van der Waals surface area (Å²) in [6.45, 7) is -2.91. The number of hydrogen-bond donors (Lipinski definition) is 4. The molecule has 0 fully saturated rings. The van der Waals surface area contributed by atoms with Gasteiger partial charge >= 0.3 is 12.6 Å². The number of ether oxygens (including phenoxy) is 1. The summed E-state index contributed by atoms with van der Waals surface area (Å²) in [5, 5.41) is 5.22. The monoisotopic (exact) mass is 386 g/mol. The highest BCUT2D eigenvalue weighted by Gasteiger charge is 2.11. The number of hydrogen-bond acceptors (Lipinski definition) is 3. The summed E-state index contributed by atoms with van der Waals surface area (Å²) in [5.74, 6) is -0.566. The Labute approximate surface area is 158 Å². The lowest BCUT2D eigenvalue weighted by atomic mass is 10.1. The highest BCUT2D eigenvalue weighted by molar-refractivity contribution is 6.00. The molecular formula is C19H16F2N4O3. The highest BCUT2D eigenvalue weighted by Crippen LogP contribution is 2.24. The molecule has 9 heteroatoms. The minimum Gasteiger partial charge on any atom is -0.435 e. The Morgan fingerprint density at radius 1 is 0.929 bits per heavy atom. The molecule has 7 nitrogen and oxygen atoms in total. The molecule has 3 amide bonds. The van der Waals surface area contributed by atoms with Crippen LogP contribution in [0.15, 0.2) is 60.8 Å². The summed E-state index contributed by atoms with van der Waals surface area (Å²) in [4.78, 5) is 26.2. The van der Waals surface area contributed by atoms with Crippen molar-refractivity contribution in [1.29, 1.82) is 0 Å². The van der Waals surface area contributed by atoms with Crippen LogP contribution in [-0.4, -0.2) is 23.5 Å². The Bertz CT molecular complexity index is 970. The Morgan fingerprint density at radius 3 is 2.04 bits per heavy atom. The van der Waals surface area contributed by atoms with Gasteiger partial charge in [-0.25, -0.2) is 4.79 Å². The van der Waals surface area contributed by atoms with Crippen LogP contribution in [0.25, 0.3) is 11.1 Å². The van der Waals surface area contributed by atoms with Gasteiger partial charge in [0.15, 0.2) is 0 Å². The van der Waals surface area contributed by atoms with Gasteiger partial charge in [-0.3, -0.25) is 4.79 Å². The number of amides is 3. The molecule has 2 aromatic carbocycles. The fraction of sp³-hybridized carbons (Fsp3) is 0.0526. The Morgan fingerprint density at radius 2 is 1.50 bits per heavy atom. The van der Waals surface area contributed by atoms with E-state index in [1.807, 2.05) is 0 Å². The minimum atomic E-state index is -2.91. The molecule has 1 aromatic heterocycles. The number of primary amides is 1. The molecule has 1 heterocycles. The van der Waals surface area contributed by atoms with Gasteiger partial charge in [0.25, 0.3) is 5.91 Å². The maximum Gasteiger partial charge on any atom is 0.387 e. The fourth-order valence-electron chi connectivity index (χ4n) is 2.56. The molecule has 3 rings (SSSR count). The standard InChI is InChI=1S/C19H16F2N4O3/c20-18(21)28-14-7-5-13(6-8-14)25-19(27)24-12-3-1-11(2-4-12)15-9-10-23-16(15)17(22)26/h1-10,18,23H,(H2,22,26)(H2,24,25,27). The second-order valence-electron chi connectivity index (χ2n) is 5.69. The second kappa shape index (κ2) is 8.21. The van der Waals surface area contributed by atoms with Gasteiger partial charge in [0.2, 0.25) is 0 Å². The summed E-state index contributed by atoms with van der Waals surface area (Å²) in [6.07, 6.45) is 1.62. The van der Waals surface area contributed by atoms with Crippen LogP contribution in [0.1, 0.15) is 10.5 Å². The van der Waals surface area contributed by atoms with Crippen molar-refractivity contribution in [2.75, 3.05) is 10.6 Å². The molecule has 0 atom stereocenters. The number of nitrogens with two attached hydrogens (primary N) is 1. The first kappa shape index (κ1) is 18.9. The molecule has 0 aliphatic rings. The number of halogens is 2. The molecule has 3 aromatic rings. The molecule has 0 saturated heterocycles. The SMILES string of the molecule is NC(=O)c1[nH]ccc1-c1ccc(NC(=O)Nc2ccc(OC(F)F)cc2)cc1. The maximum atomic E-state index is 12.1. The van der Waals surface area contributed by atoms with E-state index in [1.54, 1.807) is 36.5 Å². The van der Waals surface area contributed by atoms with E-state index < -0.39 is 18.5 Å². The van der Waals surface area contributed by atoms with Crippen LogP contribution in [0.3, 0.4) is 0 Å². The van der Waals surface area contributed by atoms with Crippen molar-refractivity contribution in [3.05, 3.63) is 66.5 Å². The molecular weight excluding hydrogens is 370 g/mol. The zero-order chi connectivity index (χ0) is 20.1. The van der Waals surface area contributed by atoms with Crippen LogP contribution in [0, 0.1) is 0 Å². The number of aromatic amines is 1. The van der Waals surface area contributed by atoms with E-state index in [1.165, 1.54) is 24.3 Å². The van der Waals surface area contributed by atoms with Gasteiger partial charge < -0.3 is 26.1 Å². The summed E-state index contributed by atoms with van der Waals surface area (Å²) in [7, 11) is 0. The number of rotatable bonds is 6. The number of alkyl halides is 2. The maximum absolute atomic E-state index is 12.1. The van der Waals surface area contributed by atoms with E-state index in [4.69, 9.17) is 5.73 Å². The van der Waals surface area contributed by atoms with Crippen LogP contribution in [0.5, 0.6) is 5.75 Å². The van der Waals surface area contributed by atoms with Crippen molar-refractivity contribution >= 4 is 23.3 Å². The first-order valence-corrected chi connectivity index (χ1v) is 8.13. The Kier molecular flexibility index (Phi) is 5.54. The second-order valence-corrected chi connectivity index (χ2v) is 5.69. The Balaban J connectivity index is 1.61. The zero-order valence-electron chi connectivity index (χ0n) is 14.4. The van der Waals surface area contributed by atoms with Gasteiger partial charge in [0, 0.05) is 23.1 Å². The number of anilines is 2. The molecule has 5 N–H and O–H groups in total. The number of benzene rings is 2. The lowest BCUT2D eigenvalue weighted by Crippen LogP contribution is -2.19. The molecule has 0 radical (unpaired) electrons. The minimum absolute atomic E-state index is 0.00312. The van der Waals surface area contributed by atoms with E-state index in [0.29, 0.717) is 22.6 Å². The number of urea groups is 1. The predicted molar refractivity (Wildman–Crippen MR) is 100 cm³/mol. The third kappa shape index (κ3) is 4.64. The average Bonchev–Trinajstić information content (AvgIpc) is 3.13.